The molecule has 0 radical (unpaired) electrons. The number of piperidine rings is 1. The number of nitrogens with zero attached hydrogens (tertiary/aromatic N) is 4. The summed E-state index contributed by atoms with van der Waals surface area (Å²) in [5, 5.41) is 0. The van der Waals surface area contributed by atoms with Crippen molar-refractivity contribution in [2.45, 2.75) is 25.2 Å². The second-order valence-electron chi connectivity index (χ2n) is 7.24. The Morgan fingerprint density at radius 1 is 1.30 bits per heavy atom. The Hall–Kier alpha value is -3.87. The highest BCUT2D eigenvalue weighted by atomic mass is 19.4. The molecule has 0 saturated carbocycles. The van der Waals surface area contributed by atoms with Crippen molar-refractivity contribution in [3.05, 3.63) is 48.1 Å². The molecule has 0 aliphatic carbocycles. The maximum atomic E-state index is 12.8. The lowest BCUT2D eigenvalue weighted by atomic mass is 10.1. The number of carbonyl (C=O) groups is 1. The summed E-state index contributed by atoms with van der Waals surface area (Å²) in [4.78, 5) is 26.3. The number of benzene rings is 1. The molecule has 1 unspecified atom stereocenters. The molecule has 33 heavy (non-hydrogen) atoms. The lowest BCUT2D eigenvalue weighted by Crippen LogP contribution is -2.45. The Labute approximate surface area is 187 Å². The Morgan fingerprint density at radius 3 is 2.70 bits per heavy atom. The quantitative estimate of drug-likeness (QED) is 0.376. The van der Waals surface area contributed by atoms with Crippen molar-refractivity contribution in [2.75, 3.05) is 18.8 Å². The number of amides is 1. The number of hydrogen-bond acceptors (Lipinski definition) is 8. The zero-order chi connectivity index (χ0) is 24.2. The van der Waals surface area contributed by atoms with Gasteiger partial charge < -0.3 is 32.6 Å². The number of nitrogens with two attached hydrogens (primary N) is 4. The van der Waals surface area contributed by atoms with Gasteiger partial charge in [0.1, 0.15) is 5.75 Å². The van der Waals surface area contributed by atoms with Crippen LogP contribution < -0.4 is 27.7 Å². The summed E-state index contributed by atoms with van der Waals surface area (Å²) in [5.41, 5.74) is 23.3. The van der Waals surface area contributed by atoms with E-state index in [-0.39, 0.29) is 34.6 Å². The first-order valence-corrected chi connectivity index (χ1v) is 9.88. The minimum atomic E-state index is -4.92. The van der Waals surface area contributed by atoms with Crippen LogP contribution in [-0.2, 0) is 0 Å². The molecule has 1 fully saturated rings. The first kappa shape index (κ1) is 23.8. The molecule has 10 nitrogen and oxygen atoms in total. The second kappa shape index (κ2) is 9.73. The molecule has 3 rings (SSSR count). The molecule has 0 spiro atoms. The Kier molecular flexibility index (Phi) is 7.01. The molecule has 2 aromatic rings. The fraction of sp³-hybridized carbons (Fsp3) is 0.300. The second-order valence-corrected chi connectivity index (χ2v) is 7.24. The zero-order valence-corrected chi connectivity index (χ0v) is 17.4. The van der Waals surface area contributed by atoms with E-state index in [1.807, 2.05) is 4.90 Å². The Balaban J connectivity index is 1.92. The van der Waals surface area contributed by atoms with Gasteiger partial charge in [0.15, 0.2) is 17.3 Å². The fourth-order valence-corrected chi connectivity index (χ4v) is 3.38. The van der Waals surface area contributed by atoms with Gasteiger partial charge in [0.25, 0.3) is 0 Å². The molecule has 1 aliphatic rings. The van der Waals surface area contributed by atoms with Crippen LogP contribution in [0.2, 0.25) is 0 Å². The molecule has 1 atom stereocenters. The van der Waals surface area contributed by atoms with E-state index < -0.39 is 18.0 Å². The average molecular weight is 464 g/mol. The molecule has 1 saturated heterocycles. The minimum Gasteiger partial charge on any atom is -0.405 e. The highest BCUT2D eigenvalue weighted by Gasteiger charge is 2.32. The van der Waals surface area contributed by atoms with Gasteiger partial charge in [0.05, 0.1) is 17.6 Å². The van der Waals surface area contributed by atoms with Crippen molar-refractivity contribution in [2.24, 2.45) is 22.2 Å². The van der Waals surface area contributed by atoms with Crippen molar-refractivity contribution >= 4 is 17.6 Å². The van der Waals surface area contributed by atoms with Gasteiger partial charge in [-0.15, -0.1) is 13.2 Å². The molecule has 1 amide bonds. The van der Waals surface area contributed by atoms with Gasteiger partial charge in [-0.2, -0.15) is 4.99 Å². The topological polar surface area (TPSA) is 172 Å². The van der Waals surface area contributed by atoms with Gasteiger partial charge in [-0.3, -0.25) is 4.79 Å². The van der Waals surface area contributed by atoms with Crippen LogP contribution in [0.4, 0.5) is 19.0 Å². The summed E-state index contributed by atoms with van der Waals surface area (Å²) in [5.74, 6) is -1.90. The maximum absolute atomic E-state index is 12.8. The largest absolute Gasteiger partial charge is 0.573 e. The summed E-state index contributed by atoms with van der Waals surface area (Å²) in [6, 6.07) is 5.21. The number of nitrogen functional groups attached to an aromatic ring is 1. The van der Waals surface area contributed by atoms with E-state index in [0.29, 0.717) is 18.8 Å². The molecular formula is C20H23F3N8O2. The van der Waals surface area contributed by atoms with E-state index in [1.54, 1.807) is 0 Å². The van der Waals surface area contributed by atoms with Crippen molar-refractivity contribution in [3.63, 3.8) is 0 Å². The summed E-state index contributed by atoms with van der Waals surface area (Å²) < 4.78 is 42.3. The third kappa shape index (κ3) is 5.88. The van der Waals surface area contributed by atoms with Gasteiger partial charge in [-0.1, -0.05) is 12.1 Å². The summed E-state index contributed by atoms with van der Waals surface area (Å²) in [6.07, 6.45) is -0.905. The normalized spacial score (nSPS) is 17.7. The van der Waals surface area contributed by atoms with E-state index in [4.69, 9.17) is 22.9 Å². The van der Waals surface area contributed by atoms with Crippen molar-refractivity contribution < 1.29 is 22.7 Å². The van der Waals surface area contributed by atoms with Gasteiger partial charge in [0.2, 0.25) is 0 Å². The van der Waals surface area contributed by atoms with Gasteiger partial charge >= 0.3 is 12.3 Å². The van der Waals surface area contributed by atoms with Crippen molar-refractivity contribution in [1.29, 1.82) is 0 Å². The minimum absolute atomic E-state index is 0.0434. The summed E-state index contributed by atoms with van der Waals surface area (Å²) in [6.45, 7) is 1.12. The van der Waals surface area contributed by atoms with Crippen LogP contribution >= 0.6 is 0 Å². The number of rotatable bonds is 5. The zero-order valence-electron chi connectivity index (χ0n) is 17.4. The highest BCUT2D eigenvalue weighted by molar-refractivity contribution is 6.09. The van der Waals surface area contributed by atoms with Crippen LogP contribution in [0.25, 0.3) is 11.3 Å². The number of aromatic nitrogens is 2. The molecule has 2 heterocycles. The average Bonchev–Trinajstić information content (AvgIpc) is 2.74. The first-order valence-electron chi connectivity index (χ1n) is 9.88. The van der Waals surface area contributed by atoms with Crippen LogP contribution in [0.5, 0.6) is 5.75 Å². The van der Waals surface area contributed by atoms with E-state index in [9.17, 15) is 18.0 Å². The predicted molar refractivity (Wildman–Crippen MR) is 116 cm³/mol. The Morgan fingerprint density at radius 2 is 2.03 bits per heavy atom. The van der Waals surface area contributed by atoms with Crippen LogP contribution in [0.15, 0.2) is 47.4 Å². The SMILES string of the molecule is NC=C(C(N)=NC(=O)c1nc(-c2ccccc2OC(F)(F)F)cnc1N)N1CCCC(N)C1. The lowest BCUT2D eigenvalue weighted by molar-refractivity contribution is -0.274. The number of hydrogen-bond donors (Lipinski definition) is 4. The molecule has 8 N–H and O–H groups in total. The number of halogens is 3. The predicted octanol–water partition coefficient (Wildman–Crippen LogP) is 1.34. The van der Waals surface area contributed by atoms with Crippen molar-refractivity contribution in [1.82, 2.24) is 14.9 Å². The summed E-state index contributed by atoms with van der Waals surface area (Å²) >= 11 is 0. The van der Waals surface area contributed by atoms with Crippen molar-refractivity contribution in [3.8, 4) is 17.0 Å². The van der Waals surface area contributed by atoms with Crippen LogP contribution in [0, 0.1) is 0 Å². The van der Waals surface area contributed by atoms with E-state index in [0.717, 1.165) is 25.1 Å². The van der Waals surface area contributed by atoms with Gasteiger partial charge in [0, 0.05) is 30.9 Å². The molecule has 176 valence electrons. The number of amidine groups is 1. The monoisotopic (exact) mass is 464 g/mol. The fourth-order valence-electron chi connectivity index (χ4n) is 3.38. The number of ether oxygens (including phenoxy) is 1. The molecule has 1 aromatic heterocycles. The smallest absolute Gasteiger partial charge is 0.405 e. The lowest BCUT2D eigenvalue weighted by Gasteiger charge is -2.33. The molecule has 1 aromatic carbocycles. The molecular weight excluding hydrogens is 441 g/mol. The van der Waals surface area contributed by atoms with E-state index in [2.05, 4.69) is 19.7 Å². The molecule has 13 heteroatoms. The number of para-hydroxylation sites is 1. The third-order valence-electron chi connectivity index (χ3n) is 4.83. The first-order chi connectivity index (χ1) is 15.6. The van der Waals surface area contributed by atoms with E-state index >= 15 is 0 Å². The standard InChI is InChI=1S/C20H23F3N8O2/c21-20(22,23)33-15-6-2-1-5-12(15)13-9-28-18(27)16(29-13)19(32)30-17(26)14(8-24)31-7-3-4-11(25)10-31/h1-2,5-6,8-9,11H,3-4,7,10,24-25H2,(H2,27,28)(H2,26,30,32). The van der Waals surface area contributed by atoms with Gasteiger partial charge in [-0.05, 0) is 25.0 Å². The number of alkyl halides is 3. The molecule has 1 aliphatic heterocycles. The molecule has 0 bridgehead atoms. The summed E-state index contributed by atoms with van der Waals surface area (Å²) in [7, 11) is 0. The third-order valence-corrected chi connectivity index (χ3v) is 4.83. The number of carbonyl (C=O) groups excluding carboxylic acids is 1. The van der Waals surface area contributed by atoms with Gasteiger partial charge in [-0.25, -0.2) is 9.97 Å². The van der Waals surface area contributed by atoms with Crippen LogP contribution in [0.1, 0.15) is 23.3 Å². The van der Waals surface area contributed by atoms with Crippen LogP contribution in [-0.4, -0.2) is 52.1 Å². The number of likely N-dealkylation sites (tertiary alicyclic amines) is 1. The maximum Gasteiger partial charge on any atom is 0.573 e. The number of anilines is 1. The Bertz CT molecular complexity index is 1090. The van der Waals surface area contributed by atoms with Crippen LogP contribution in [0.3, 0.4) is 0 Å². The highest BCUT2D eigenvalue weighted by Crippen LogP contribution is 2.33. The van der Waals surface area contributed by atoms with E-state index in [1.165, 1.54) is 24.4 Å². The number of aliphatic imine (C=N–C) groups is 1.